The van der Waals surface area contributed by atoms with Gasteiger partial charge >= 0.3 is 0 Å². The third-order valence-electron chi connectivity index (χ3n) is 3.59. The highest BCUT2D eigenvalue weighted by Gasteiger charge is 2.36. The minimum absolute atomic E-state index is 0. The second-order valence-electron chi connectivity index (χ2n) is 4.88. The van der Waals surface area contributed by atoms with Crippen LogP contribution in [0, 0.1) is 11.7 Å². The Morgan fingerprint density at radius 3 is 2.80 bits per heavy atom. The van der Waals surface area contributed by atoms with Crippen molar-refractivity contribution in [2.45, 2.75) is 30.7 Å². The first-order chi connectivity index (χ1) is 8.96. The molecule has 0 amide bonds. The highest BCUT2D eigenvalue weighted by Crippen LogP contribution is 2.28. The maximum Gasteiger partial charge on any atom is 0.245 e. The van der Waals surface area contributed by atoms with Gasteiger partial charge in [-0.15, -0.1) is 12.4 Å². The van der Waals surface area contributed by atoms with Crippen molar-refractivity contribution in [1.29, 1.82) is 0 Å². The first kappa shape index (κ1) is 17.3. The SMILES string of the molecule is CC1CCCN(S(=O)(=O)c2cncc(F)c2)C1CN.Cl. The summed E-state index contributed by atoms with van der Waals surface area (Å²) in [7, 11) is -3.73. The van der Waals surface area contributed by atoms with E-state index in [1.807, 2.05) is 6.92 Å². The summed E-state index contributed by atoms with van der Waals surface area (Å²) in [6, 6.07) is 0.761. The van der Waals surface area contributed by atoms with Gasteiger partial charge in [0.15, 0.2) is 0 Å². The molecule has 0 saturated carbocycles. The lowest BCUT2D eigenvalue weighted by molar-refractivity contribution is 0.192. The number of pyridine rings is 1. The topological polar surface area (TPSA) is 76.3 Å². The summed E-state index contributed by atoms with van der Waals surface area (Å²) in [6.45, 7) is 2.68. The fourth-order valence-corrected chi connectivity index (χ4v) is 4.27. The van der Waals surface area contributed by atoms with Gasteiger partial charge in [-0.1, -0.05) is 6.92 Å². The van der Waals surface area contributed by atoms with E-state index in [2.05, 4.69) is 4.98 Å². The van der Waals surface area contributed by atoms with E-state index >= 15 is 0 Å². The zero-order chi connectivity index (χ0) is 14.0. The average molecular weight is 324 g/mol. The van der Waals surface area contributed by atoms with Gasteiger partial charge in [0.25, 0.3) is 0 Å². The molecule has 2 heterocycles. The van der Waals surface area contributed by atoms with Gasteiger partial charge in [0.1, 0.15) is 10.7 Å². The Hall–Kier alpha value is -0.760. The molecule has 1 aliphatic heterocycles. The van der Waals surface area contributed by atoms with Crippen molar-refractivity contribution in [3.63, 3.8) is 0 Å². The molecule has 1 aliphatic rings. The quantitative estimate of drug-likeness (QED) is 0.912. The van der Waals surface area contributed by atoms with Crippen LogP contribution in [0.2, 0.25) is 0 Å². The zero-order valence-electron chi connectivity index (χ0n) is 11.2. The largest absolute Gasteiger partial charge is 0.329 e. The minimum atomic E-state index is -3.73. The lowest BCUT2D eigenvalue weighted by Gasteiger charge is -2.38. The molecule has 20 heavy (non-hydrogen) atoms. The standard InChI is InChI=1S/C12H18FN3O2S.ClH/c1-9-3-2-4-16(12(9)6-14)19(17,18)11-5-10(13)7-15-8-11;/h5,7-9,12H,2-4,6,14H2,1H3;1H. The molecule has 2 rings (SSSR count). The van der Waals surface area contributed by atoms with E-state index in [0.717, 1.165) is 25.1 Å². The third kappa shape index (κ3) is 3.28. The van der Waals surface area contributed by atoms with E-state index in [0.29, 0.717) is 6.54 Å². The van der Waals surface area contributed by atoms with Crippen molar-refractivity contribution < 1.29 is 12.8 Å². The van der Waals surface area contributed by atoms with Crippen LogP contribution in [0.5, 0.6) is 0 Å². The highest BCUT2D eigenvalue weighted by molar-refractivity contribution is 7.89. The second-order valence-corrected chi connectivity index (χ2v) is 6.77. The van der Waals surface area contributed by atoms with E-state index in [9.17, 15) is 12.8 Å². The Morgan fingerprint density at radius 1 is 1.50 bits per heavy atom. The summed E-state index contributed by atoms with van der Waals surface area (Å²) in [5.41, 5.74) is 5.69. The lowest BCUT2D eigenvalue weighted by Crippen LogP contribution is -2.51. The molecule has 1 aromatic heterocycles. The summed E-state index contributed by atoms with van der Waals surface area (Å²) in [6.07, 6.45) is 3.90. The summed E-state index contributed by atoms with van der Waals surface area (Å²) >= 11 is 0. The summed E-state index contributed by atoms with van der Waals surface area (Å²) in [4.78, 5) is 3.49. The van der Waals surface area contributed by atoms with Gasteiger partial charge < -0.3 is 5.73 Å². The van der Waals surface area contributed by atoms with Crippen LogP contribution in [-0.4, -0.2) is 36.8 Å². The van der Waals surface area contributed by atoms with Crippen molar-refractivity contribution in [2.75, 3.05) is 13.1 Å². The van der Waals surface area contributed by atoms with Crippen molar-refractivity contribution in [2.24, 2.45) is 11.7 Å². The molecule has 0 radical (unpaired) electrons. The second kappa shape index (κ2) is 6.80. The molecule has 0 spiro atoms. The van der Waals surface area contributed by atoms with Crippen LogP contribution in [0.1, 0.15) is 19.8 Å². The summed E-state index contributed by atoms with van der Waals surface area (Å²) < 4.78 is 39.6. The van der Waals surface area contributed by atoms with Crippen LogP contribution in [0.15, 0.2) is 23.4 Å². The number of hydrogen-bond donors (Lipinski definition) is 1. The van der Waals surface area contributed by atoms with Crippen LogP contribution in [0.25, 0.3) is 0 Å². The molecule has 2 N–H and O–H groups in total. The number of piperidine rings is 1. The number of nitrogens with zero attached hydrogens (tertiary/aromatic N) is 2. The molecule has 2 atom stereocenters. The Labute approximate surface area is 124 Å². The summed E-state index contributed by atoms with van der Waals surface area (Å²) in [5, 5.41) is 0. The Bertz CT molecular complexity index is 555. The van der Waals surface area contributed by atoms with Crippen LogP contribution in [0.4, 0.5) is 4.39 Å². The van der Waals surface area contributed by atoms with E-state index in [1.165, 1.54) is 10.5 Å². The van der Waals surface area contributed by atoms with Crippen molar-refractivity contribution in [3.8, 4) is 0 Å². The number of sulfonamides is 1. The number of aromatic nitrogens is 1. The van der Waals surface area contributed by atoms with E-state index in [-0.39, 0.29) is 35.8 Å². The number of nitrogens with two attached hydrogens (primary N) is 1. The van der Waals surface area contributed by atoms with Gasteiger partial charge in [0.2, 0.25) is 10.0 Å². The molecule has 1 saturated heterocycles. The van der Waals surface area contributed by atoms with Gasteiger partial charge in [-0.05, 0) is 24.8 Å². The lowest BCUT2D eigenvalue weighted by atomic mass is 9.93. The fourth-order valence-electron chi connectivity index (χ4n) is 2.53. The average Bonchev–Trinajstić information content (AvgIpc) is 2.38. The molecule has 114 valence electrons. The summed E-state index contributed by atoms with van der Waals surface area (Å²) in [5.74, 6) is -0.453. The minimum Gasteiger partial charge on any atom is -0.329 e. The smallest absolute Gasteiger partial charge is 0.245 e. The molecule has 0 aliphatic carbocycles. The van der Waals surface area contributed by atoms with Gasteiger partial charge in [-0.3, -0.25) is 4.98 Å². The number of rotatable bonds is 3. The zero-order valence-corrected chi connectivity index (χ0v) is 12.8. The van der Waals surface area contributed by atoms with Gasteiger partial charge in [0, 0.05) is 25.3 Å². The molecule has 2 unspecified atom stereocenters. The van der Waals surface area contributed by atoms with Gasteiger partial charge in [-0.2, -0.15) is 4.31 Å². The van der Waals surface area contributed by atoms with E-state index < -0.39 is 15.8 Å². The van der Waals surface area contributed by atoms with Gasteiger partial charge in [-0.25, -0.2) is 12.8 Å². The van der Waals surface area contributed by atoms with Crippen LogP contribution in [0.3, 0.4) is 0 Å². The molecule has 8 heteroatoms. The Morgan fingerprint density at radius 2 is 2.20 bits per heavy atom. The van der Waals surface area contributed by atoms with Gasteiger partial charge in [0.05, 0.1) is 6.20 Å². The predicted molar refractivity (Wildman–Crippen MR) is 76.6 cm³/mol. The molecule has 0 aromatic carbocycles. The molecule has 0 bridgehead atoms. The van der Waals surface area contributed by atoms with Crippen LogP contribution < -0.4 is 5.73 Å². The van der Waals surface area contributed by atoms with Crippen LogP contribution in [-0.2, 0) is 10.0 Å². The van der Waals surface area contributed by atoms with E-state index in [4.69, 9.17) is 5.73 Å². The van der Waals surface area contributed by atoms with Crippen molar-refractivity contribution in [3.05, 3.63) is 24.3 Å². The van der Waals surface area contributed by atoms with Crippen LogP contribution >= 0.6 is 12.4 Å². The predicted octanol–water partition coefficient (Wildman–Crippen LogP) is 1.39. The van der Waals surface area contributed by atoms with Crippen molar-refractivity contribution in [1.82, 2.24) is 9.29 Å². The molecule has 5 nitrogen and oxygen atoms in total. The monoisotopic (exact) mass is 323 g/mol. The third-order valence-corrected chi connectivity index (χ3v) is 5.48. The molecule has 1 fully saturated rings. The molecular weight excluding hydrogens is 305 g/mol. The number of hydrogen-bond acceptors (Lipinski definition) is 4. The normalized spacial score (nSPS) is 24.1. The maximum atomic E-state index is 13.2. The first-order valence-electron chi connectivity index (χ1n) is 6.29. The Balaban J connectivity index is 0.00000200. The molecular formula is C12H19ClFN3O2S. The highest BCUT2D eigenvalue weighted by atomic mass is 35.5. The number of halogens is 2. The maximum absolute atomic E-state index is 13.2. The van der Waals surface area contributed by atoms with Crippen molar-refractivity contribution >= 4 is 22.4 Å². The Kier molecular flexibility index (Phi) is 5.88. The van der Waals surface area contributed by atoms with E-state index in [1.54, 1.807) is 0 Å². The first-order valence-corrected chi connectivity index (χ1v) is 7.73. The fraction of sp³-hybridized carbons (Fsp3) is 0.583. The molecule has 1 aromatic rings.